The highest BCUT2D eigenvalue weighted by Crippen LogP contribution is 2.46. The van der Waals surface area contributed by atoms with Gasteiger partial charge in [0.25, 0.3) is 5.78 Å². The first-order valence-corrected chi connectivity index (χ1v) is 14.8. The topological polar surface area (TPSA) is 98.2 Å². The van der Waals surface area contributed by atoms with Gasteiger partial charge in [-0.3, -0.25) is 14.5 Å². The number of carbonyl (C=O) groups is 2. The molecule has 4 aromatic rings. The number of aliphatic hydroxyl groups excluding tert-OH is 1. The molecule has 6 rings (SSSR count). The molecule has 9 heteroatoms. The van der Waals surface area contributed by atoms with Gasteiger partial charge in [-0.15, -0.1) is 0 Å². The van der Waals surface area contributed by atoms with Crippen LogP contribution in [0.25, 0.3) is 16.0 Å². The number of Topliss-reactive ketones (excluding diaryl/α,β-unsaturated/α-hetero) is 1. The molecule has 1 amide bonds. The molecular formula is C33H32N2O6S. The van der Waals surface area contributed by atoms with Crippen molar-refractivity contribution in [3.05, 3.63) is 82.4 Å². The molecule has 3 aromatic carbocycles. The van der Waals surface area contributed by atoms with Crippen LogP contribution in [-0.4, -0.2) is 41.6 Å². The van der Waals surface area contributed by atoms with Crippen LogP contribution in [0.3, 0.4) is 0 Å². The van der Waals surface area contributed by atoms with Crippen LogP contribution in [0.15, 0.2) is 60.2 Å². The van der Waals surface area contributed by atoms with Crippen molar-refractivity contribution in [3.63, 3.8) is 0 Å². The summed E-state index contributed by atoms with van der Waals surface area (Å²) in [6.07, 6.45) is 0.886. The molecule has 0 saturated carbocycles. The predicted octanol–water partition coefficient (Wildman–Crippen LogP) is 6.74. The minimum absolute atomic E-state index is 0.0248. The molecule has 0 aliphatic carbocycles. The normalized spacial score (nSPS) is 17.8. The molecule has 2 aliphatic rings. The molecule has 1 saturated heterocycles. The molecule has 0 unspecified atom stereocenters. The third-order valence-electron chi connectivity index (χ3n) is 7.42. The molecule has 3 heterocycles. The van der Waals surface area contributed by atoms with Crippen molar-refractivity contribution in [1.82, 2.24) is 4.98 Å². The number of amides is 1. The number of fused-ring (bicyclic) bond motifs is 2. The maximum Gasteiger partial charge on any atom is 0.301 e. The van der Waals surface area contributed by atoms with Crippen LogP contribution in [0.2, 0.25) is 0 Å². The number of nitrogens with zero attached hydrogens (tertiary/aromatic N) is 2. The maximum atomic E-state index is 13.8. The Morgan fingerprint density at radius 1 is 1.07 bits per heavy atom. The van der Waals surface area contributed by atoms with E-state index < -0.39 is 17.7 Å². The van der Waals surface area contributed by atoms with Crippen LogP contribution < -0.4 is 19.1 Å². The van der Waals surface area contributed by atoms with Crippen LogP contribution in [0.5, 0.6) is 17.2 Å². The summed E-state index contributed by atoms with van der Waals surface area (Å²) in [5, 5.41) is 12.0. The number of aliphatic hydroxyl groups is 1. The number of ketones is 1. The number of aryl methyl sites for hydroxylation is 2. The zero-order valence-corrected chi connectivity index (χ0v) is 24.8. The van der Waals surface area contributed by atoms with Gasteiger partial charge in [0, 0.05) is 5.56 Å². The number of thiazole rings is 1. The number of anilines is 1. The van der Waals surface area contributed by atoms with Crippen molar-refractivity contribution in [2.24, 2.45) is 5.92 Å². The van der Waals surface area contributed by atoms with Gasteiger partial charge < -0.3 is 19.3 Å². The summed E-state index contributed by atoms with van der Waals surface area (Å²) in [4.78, 5) is 33.7. The van der Waals surface area contributed by atoms with Gasteiger partial charge in [0.05, 0.1) is 28.4 Å². The Hall–Kier alpha value is -4.37. The molecule has 42 heavy (non-hydrogen) atoms. The second kappa shape index (κ2) is 11.1. The van der Waals surface area contributed by atoms with E-state index in [1.165, 1.54) is 16.2 Å². The number of benzene rings is 3. The zero-order valence-electron chi connectivity index (χ0n) is 24.0. The molecule has 1 aromatic heterocycles. The summed E-state index contributed by atoms with van der Waals surface area (Å²) in [6.45, 7) is 9.59. The molecule has 1 fully saturated rings. The van der Waals surface area contributed by atoms with Gasteiger partial charge in [0.15, 0.2) is 16.6 Å². The second-order valence-corrected chi connectivity index (χ2v) is 12.1. The smallest absolute Gasteiger partial charge is 0.301 e. The fraction of sp³-hybridized carbons (Fsp3) is 0.303. The molecule has 2 aliphatic heterocycles. The van der Waals surface area contributed by atoms with E-state index in [1.807, 2.05) is 50.2 Å². The lowest BCUT2D eigenvalue weighted by molar-refractivity contribution is -0.132. The van der Waals surface area contributed by atoms with E-state index in [0.717, 1.165) is 27.8 Å². The van der Waals surface area contributed by atoms with Crippen LogP contribution in [-0.2, 0) is 9.59 Å². The van der Waals surface area contributed by atoms with Crippen molar-refractivity contribution >= 4 is 44.1 Å². The lowest BCUT2D eigenvalue weighted by Gasteiger charge is -2.24. The van der Waals surface area contributed by atoms with Gasteiger partial charge in [0.2, 0.25) is 0 Å². The van der Waals surface area contributed by atoms with Crippen molar-refractivity contribution in [3.8, 4) is 17.2 Å². The van der Waals surface area contributed by atoms with Crippen LogP contribution in [0.4, 0.5) is 5.13 Å². The Morgan fingerprint density at radius 3 is 2.64 bits per heavy atom. The van der Waals surface area contributed by atoms with E-state index in [2.05, 4.69) is 13.8 Å². The number of rotatable bonds is 7. The van der Waals surface area contributed by atoms with Crippen molar-refractivity contribution in [1.29, 1.82) is 0 Å². The predicted molar refractivity (Wildman–Crippen MR) is 163 cm³/mol. The van der Waals surface area contributed by atoms with E-state index in [0.29, 0.717) is 59.2 Å². The average molecular weight is 585 g/mol. The molecular weight excluding hydrogens is 552 g/mol. The van der Waals surface area contributed by atoms with Crippen molar-refractivity contribution in [2.75, 3.05) is 24.7 Å². The lowest BCUT2D eigenvalue weighted by Crippen LogP contribution is -2.29. The van der Waals surface area contributed by atoms with E-state index in [4.69, 9.17) is 19.2 Å². The molecule has 0 radical (unpaired) electrons. The van der Waals surface area contributed by atoms with Crippen LogP contribution in [0, 0.1) is 19.8 Å². The third-order valence-corrected chi connectivity index (χ3v) is 8.42. The fourth-order valence-corrected chi connectivity index (χ4v) is 6.51. The number of hydrogen-bond donors (Lipinski definition) is 1. The Kier molecular flexibility index (Phi) is 7.36. The number of hydrogen-bond acceptors (Lipinski definition) is 8. The van der Waals surface area contributed by atoms with Crippen LogP contribution in [0.1, 0.15) is 48.6 Å². The molecule has 1 N–H and O–H groups in total. The third kappa shape index (κ3) is 5.09. The molecule has 0 bridgehead atoms. The standard InChI is InChI=1S/C33H32N2O6S/c1-18(2)10-11-39-23-7-5-6-21(16-23)29-27(30(36)22-8-9-24-25(17-22)41-13-12-40-24)31(37)32(38)35(29)33-34-28-20(4)14-19(3)15-26(28)42-33/h5-9,14-18,29,36H,10-13H2,1-4H3/t29-/m1/s1. The van der Waals surface area contributed by atoms with E-state index >= 15 is 0 Å². The van der Waals surface area contributed by atoms with Gasteiger partial charge in [0.1, 0.15) is 24.7 Å². The van der Waals surface area contributed by atoms with E-state index in [9.17, 15) is 14.7 Å². The number of ether oxygens (including phenoxy) is 3. The first-order valence-electron chi connectivity index (χ1n) is 14.0. The van der Waals surface area contributed by atoms with Crippen molar-refractivity contribution in [2.45, 2.75) is 40.2 Å². The summed E-state index contributed by atoms with van der Waals surface area (Å²) in [6, 6.07) is 15.4. The van der Waals surface area contributed by atoms with Gasteiger partial charge in [-0.1, -0.05) is 43.4 Å². The highest BCUT2D eigenvalue weighted by atomic mass is 32.1. The highest BCUT2D eigenvalue weighted by Gasteiger charge is 2.48. The molecule has 216 valence electrons. The number of aromatic nitrogens is 1. The summed E-state index contributed by atoms with van der Waals surface area (Å²) in [5.74, 6) is 0.294. The highest BCUT2D eigenvalue weighted by molar-refractivity contribution is 7.22. The van der Waals surface area contributed by atoms with E-state index in [-0.39, 0.29) is 11.3 Å². The Bertz CT molecular complexity index is 1740. The second-order valence-electron chi connectivity index (χ2n) is 11.1. The lowest BCUT2D eigenvalue weighted by atomic mass is 9.95. The summed E-state index contributed by atoms with van der Waals surface area (Å²) >= 11 is 1.35. The fourth-order valence-electron chi connectivity index (χ4n) is 5.34. The average Bonchev–Trinajstić information content (AvgIpc) is 3.50. The minimum atomic E-state index is -0.922. The summed E-state index contributed by atoms with van der Waals surface area (Å²) in [7, 11) is 0. The van der Waals surface area contributed by atoms with Gasteiger partial charge >= 0.3 is 5.91 Å². The Morgan fingerprint density at radius 2 is 1.86 bits per heavy atom. The van der Waals surface area contributed by atoms with Gasteiger partial charge in [-0.05, 0) is 79.3 Å². The van der Waals surface area contributed by atoms with Crippen LogP contribution >= 0.6 is 11.3 Å². The largest absolute Gasteiger partial charge is 0.507 e. The Balaban J connectivity index is 1.50. The molecule has 8 nitrogen and oxygen atoms in total. The summed E-state index contributed by atoms with van der Waals surface area (Å²) in [5.41, 5.74) is 3.79. The van der Waals surface area contributed by atoms with E-state index in [1.54, 1.807) is 18.2 Å². The first kappa shape index (κ1) is 27.8. The Labute approximate surface area is 248 Å². The maximum absolute atomic E-state index is 13.8. The molecule has 0 spiro atoms. The molecule has 1 atom stereocenters. The SMILES string of the molecule is Cc1cc(C)c2nc(N3C(=O)C(=O)C(=C(O)c4ccc5c(c4)OCCO5)[C@H]3c3cccc(OCCC(C)C)c3)sc2c1. The zero-order chi connectivity index (χ0) is 29.5. The van der Waals surface area contributed by atoms with Gasteiger partial charge in [-0.25, -0.2) is 4.98 Å². The number of carbonyl (C=O) groups excluding carboxylic acids is 2. The van der Waals surface area contributed by atoms with Crippen molar-refractivity contribution < 1.29 is 28.9 Å². The first-order chi connectivity index (χ1) is 20.2. The quantitative estimate of drug-likeness (QED) is 0.146. The summed E-state index contributed by atoms with van der Waals surface area (Å²) < 4.78 is 18.3. The minimum Gasteiger partial charge on any atom is -0.507 e. The van der Waals surface area contributed by atoms with Gasteiger partial charge in [-0.2, -0.15) is 0 Å². The monoisotopic (exact) mass is 584 g/mol.